The molecule has 106 valence electrons. The summed E-state index contributed by atoms with van der Waals surface area (Å²) in [5.41, 5.74) is 6.70. The average molecular weight is 395 g/mol. The minimum absolute atomic E-state index is 0. The van der Waals surface area contributed by atoms with Crippen molar-refractivity contribution in [3.63, 3.8) is 0 Å². The second kappa shape index (κ2) is 7.85. The minimum Gasteiger partial charge on any atom is -0.370 e. The summed E-state index contributed by atoms with van der Waals surface area (Å²) in [5, 5.41) is 3.12. The number of nitrogens with one attached hydrogen (secondary N) is 1. The summed E-state index contributed by atoms with van der Waals surface area (Å²) in [6, 6.07) is 4.57. The van der Waals surface area contributed by atoms with Crippen molar-refractivity contribution in [2.45, 2.75) is 25.8 Å². The second-order valence-electron chi connectivity index (χ2n) is 4.62. The van der Waals surface area contributed by atoms with Crippen molar-refractivity contribution in [3.8, 4) is 0 Å². The summed E-state index contributed by atoms with van der Waals surface area (Å²) in [7, 11) is 0. The van der Waals surface area contributed by atoms with Gasteiger partial charge >= 0.3 is 0 Å². The Morgan fingerprint density at radius 2 is 2.21 bits per heavy atom. The molecule has 1 fully saturated rings. The molecule has 0 bridgehead atoms. The van der Waals surface area contributed by atoms with Crippen molar-refractivity contribution >= 4 is 38.9 Å². The maximum absolute atomic E-state index is 12.9. The number of hydrogen-bond donors (Lipinski definition) is 2. The number of rotatable bonds is 4. The molecule has 0 unspecified atom stereocenters. The molecular weight excluding hydrogens is 377 g/mol. The number of halogens is 3. The monoisotopic (exact) mass is 393 g/mol. The van der Waals surface area contributed by atoms with E-state index in [2.05, 4.69) is 26.2 Å². The van der Waals surface area contributed by atoms with Gasteiger partial charge in [0.1, 0.15) is 5.82 Å². The fourth-order valence-electron chi connectivity index (χ4n) is 1.82. The van der Waals surface area contributed by atoms with E-state index >= 15 is 0 Å². The highest BCUT2D eigenvalue weighted by atomic mass is 79.9. The third-order valence-corrected chi connectivity index (χ3v) is 3.97. The van der Waals surface area contributed by atoms with Crippen LogP contribution in [0.25, 0.3) is 0 Å². The summed E-state index contributed by atoms with van der Waals surface area (Å²) in [5.74, 6) is 0.945. The second-order valence-corrected chi connectivity index (χ2v) is 5.47. The molecule has 1 saturated carbocycles. The van der Waals surface area contributed by atoms with E-state index in [0.717, 1.165) is 22.5 Å². The molecule has 0 radical (unpaired) electrons. The molecule has 1 aliphatic rings. The maximum atomic E-state index is 12.9. The number of nitrogens with two attached hydrogens (primary N) is 1. The third-order valence-electron chi connectivity index (χ3n) is 3.23. The van der Waals surface area contributed by atoms with Crippen LogP contribution in [-0.4, -0.2) is 12.5 Å². The van der Waals surface area contributed by atoms with Crippen LogP contribution in [0.1, 0.15) is 24.8 Å². The molecule has 1 aliphatic carbocycles. The van der Waals surface area contributed by atoms with Gasteiger partial charge in [-0.05, 0) is 36.5 Å². The van der Waals surface area contributed by atoms with Crippen LogP contribution in [-0.2, 0) is 6.54 Å². The Morgan fingerprint density at radius 1 is 1.47 bits per heavy atom. The van der Waals surface area contributed by atoms with Gasteiger partial charge in [-0.25, -0.2) is 9.38 Å². The molecule has 0 amide bonds. The predicted molar refractivity (Wildman–Crippen MR) is 85.1 cm³/mol. The van der Waals surface area contributed by atoms with Gasteiger partial charge in [0.05, 0.1) is 6.54 Å². The number of aliphatic imine (C=N–C) groups is 1. The standard InChI is InChI=1S/C13H17BrFN3.BrH/c14-12-6-11(15)5-4-10(12)8-18-13(16)17-7-9-2-1-3-9;/h4-6,9H,1-3,7-8H2,(H3,16,17,18);1H. The Hall–Kier alpha value is -0.620. The summed E-state index contributed by atoms with van der Waals surface area (Å²) in [4.78, 5) is 4.25. The van der Waals surface area contributed by atoms with Crippen LogP contribution in [0.4, 0.5) is 4.39 Å². The van der Waals surface area contributed by atoms with Crippen LogP contribution in [0.3, 0.4) is 0 Å². The van der Waals surface area contributed by atoms with Crippen LogP contribution < -0.4 is 11.1 Å². The van der Waals surface area contributed by atoms with Crippen molar-refractivity contribution in [2.24, 2.45) is 16.6 Å². The van der Waals surface area contributed by atoms with Gasteiger partial charge < -0.3 is 11.1 Å². The van der Waals surface area contributed by atoms with Gasteiger partial charge in [-0.2, -0.15) is 0 Å². The van der Waals surface area contributed by atoms with E-state index in [9.17, 15) is 4.39 Å². The van der Waals surface area contributed by atoms with Crippen molar-refractivity contribution in [2.75, 3.05) is 6.54 Å². The van der Waals surface area contributed by atoms with E-state index in [1.54, 1.807) is 6.07 Å². The topological polar surface area (TPSA) is 50.4 Å². The van der Waals surface area contributed by atoms with E-state index in [1.165, 1.54) is 31.4 Å². The number of nitrogens with zero attached hydrogens (tertiary/aromatic N) is 1. The van der Waals surface area contributed by atoms with Gasteiger partial charge in [0.25, 0.3) is 0 Å². The van der Waals surface area contributed by atoms with E-state index in [-0.39, 0.29) is 22.8 Å². The Labute approximate surface area is 131 Å². The molecule has 6 heteroatoms. The molecule has 0 aromatic heterocycles. The summed E-state index contributed by atoms with van der Waals surface area (Å²) in [6.45, 7) is 1.35. The highest BCUT2D eigenvalue weighted by Gasteiger charge is 2.16. The first-order valence-corrected chi connectivity index (χ1v) is 6.92. The fraction of sp³-hybridized carbons (Fsp3) is 0.462. The van der Waals surface area contributed by atoms with Crippen molar-refractivity contribution in [1.82, 2.24) is 5.32 Å². The smallest absolute Gasteiger partial charge is 0.188 e. The largest absolute Gasteiger partial charge is 0.370 e. The first kappa shape index (κ1) is 16.4. The van der Waals surface area contributed by atoms with E-state index in [0.29, 0.717) is 12.5 Å². The van der Waals surface area contributed by atoms with Crippen LogP contribution >= 0.6 is 32.9 Å². The van der Waals surface area contributed by atoms with Crippen LogP contribution in [0, 0.1) is 11.7 Å². The zero-order chi connectivity index (χ0) is 13.0. The molecule has 2 rings (SSSR count). The molecule has 0 saturated heterocycles. The van der Waals surface area contributed by atoms with Gasteiger partial charge in [0.15, 0.2) is 5.96 Å². The number of guanidine groups is 1. The van der Waals surface area contributed by atoms with E-state index in [4.69, 9.17) is 5.73 Å². The van der Waals surface area contributed by atoms with Crippen molar-refractivity contribution < 1.29 is 4.39 Å². The van der Waals surface area contributed by atoms with Crippen molar-refractivity contribution in [1.29, 1.82) is 0 Å². The maximum Gasteiger partial charge on any atom is 0.188 e. The van der Waals surface area contributed by atoms with E-state index < -0.39 is 0 Å². The quantitative estimate of drug-likeness (QED) is 0.607. The molecule has 3 N–H and O–H groups in total. The molecule has 0 aliphatic heterocycles. The van der Waals surface area contributed by atoms with Gasteiger partial charge in [-0.3, -0.25) is 0 Å². The van der Waals surface area contributed by atoms with Gasteiger partial charge in [0.2, 0.25) is 0 Å². The summed E-state index contributed by atoms with van der Waals surface area (Å²) >= 11 is 3.31. The normalized spacial score (nSPS) is 15.6. The fourth-order valence-corrected chi connectivity index (χ4v) is 2.30. The van der Waals surface area contributed by atoms with Gasteiger partial charge in [-0.15, -0.1) is 17.0 Å². The third kappa shape index (κ3) is 5.10. The first-order valence-electron chi connectivity index (χ1n) is 6.13. The van der Waals surface area contributed by atoms with Crippen LogP contribution in [0.5, 0.6) is 0 Å². The molecule has 0 atom stereocenters. The lowest BCUT2D eigenvalue weighted by Gasteiger charge is -2.25. The average Bonchev–Trinajstić information content (AvgIpc) is 2.25. The van der Waals surface area contributed by atoms with Gasteiger partial charge in [0, 0.05) is 11.0 Å². The van der Waals surface area contributed by atoms with Crippen LogP contribution in [0.2, 0.25) is 0 Å². The lowest BCUT2D eigenvalue weighted by atomic mass is 9.85. The Kier molecular flexibility index (Phi) is 6.79. The summed E-state index contributed by atoms with van der Waals surface area (Å²) in [6.07, 6.45) is 3.89. The lowest BCUT2D eigenvalue weighted by molar-refractivity contribution is 0.315. The molecule has 0 spiro atoms. The Balaban J connectivity index is 0.00000180. The molecule has 1 aromatic rings. The lowest BCUT2D eigenvalue weighted by Crippen LogP contribution is -2.37. The Bertz CT molecular complexity index is 448. The number of benzene rings is 1. The highest BCUT2D eigenvalue weighted by Crippen LogP contribution is 2.25. The van der Waals surface area contributed by atoms with E-state index in [1.807, 2.05) is 0 Å². The number of hydrogen-bond acceptors (Lipinski definition) is 1. The molecule has 0 heterocycles. The highest BCUT2D eigenvalue weighted by molar-refractivity contribution is 9.10. The summed E-state index contributed by atoms with van der Waals surface area (Å²) < 4.78 is 13.6. The van der Waals surface area contributed by atoms with Crippen molar-refractivity contribution in [3.05, 3.63) is 34.1 Å². The molecule has 1 aromatic carbocycles. The SMILES string of the molecule is Br.NC(=NCc1ccc(F)cc1Br)NCC1CCC1. The zero-order valence-corrected chi connectivity index (χ0v) is 13.8. The zero-order valence-electron chi connectivity index (χ0n) is 10.5. The predicted octanol–water partition coefficient (Wildman–Crippen LogP) is 3.37. The molecular formula is C13H18Br2FN3. The van der Waals surface area contributed by atoms with Gasteiger partial charge in [-0.1, -0.05) is 28.4 Å². The van der Waals surface area contributed by atoms with Crippen LogP contribution in [0.15, 0.2) is 27.7 Å². The first-order chi connectivity index (χ1) is 8.65. The Morgan fingerprint density at radius 3 is 2.79 bits per heavy atom. The minimum atomic E-state index is -0.259. The molecule has 3 nitrogen and oxygen atoms in total. The molecule has 19 heavy (non-hydrogen) atoms.